The van der Waals surface area contributed by atoms with Crippen molar-refractivity contribution in [3.8, 4) is 5.75 Å². The van der Waals surface area contributed by atoms with E-state index in [2.05, 4.69) is 10.6 Å². The molecular formula is C21H22ClFN2O3. The van der Waals surface area contributed by atoms with Gasteiger partial charge in [-0.25, -0.2) is 9.18 Å². The largest absolute Gasteiger partial charge is 0.487 e. The van der Waals surface area contributed by atoms with Crippen LogP contribution in [0.2, 0.25) is 5.02 Å². The fourth-order valence-corrected chi connectivity index (χ4v) is 4.21. The lowest BCUT2D eigenvalue weighted by atomic mass is 9.90. The van der Waals surface area contributed by atoms with Crippen LogP contribution in [0, 0.1) is 5.82 Å². The van der Waals surface area contributed by atoms with Gasteiger partial charge >= 0.3 is 6.03 Å². The van der Waals surface area contributed by atoms with Crippen LogP contribution in [0.4, 0.5) is 14.9 Å². The maximum absolute atomic E-state index is 14.0. The summed E-state index contributed by atoms with van der Waals surface area (Å²) in [5.74, 6) is 0.300. The lowest BCUT2D eigenvalue weighted by molar-refractivity contribution is 0.0683. The standard InChI is InChI=1S/C21H22ClFN2O3/c1-21(2)10-18(13-4-3-11(22)7-19(13)28-21)25-20(27)24-17-6-5-16(23)14-8-12(26)9-15(14)17/h3-7,12,18,26H,8-10H2,1-2H3,(H2,24,25,27)/t12-,18-/m1/s1. The number of nitrogens with one attached hydrogen (secondary N) is 2. The molecule has 0 aromatic heterocycles. The number of amides is 2. The third-order valence-electron chi connectivity index (χ3n) is 5.24. The third-order valence-corrected chi connectivity index (χ3v) is 5.48. The SMILES string of the molecule is CC1(C)C[C@@H](NC(=O)Nc2ccc(F)c3c2C[C@H](O)C3)c2ccc(Cl)cc2O1. The van der Waals surface area contributed by atoms with Crippen molar-refractivity contribution in [3.63, 3.8) is 0 Å². The summed E-state index contributed by atoms with van der Waals surface area (Å²) in [6.07, 6.45) is 0.563. The molecule has 2 aromatic rings. The number of aliphatic hydroxyl groups is 1. The number of fused-ring (bicyclic) bond motifs is 2. The summed E-state index contributed by atoms with van der Waals surface area (Å²) < 4.78 is 20.0. The molecule has 0 unspecified atom stereocenters. The van der Waals surface area contributed by atoms with Crippen LogP contribution in [0.1, 0.15) is 43.0 Å². The van der Waals surface area contributed by atoms with Gasteiger partial charge in [-0.3, -0.25) is 0 Å². The Labute approximate surface area is 167 Å². The van der Waals surface area contributed by atoms with Gasteiger partial charge in [-0.2, -0.15) is 0 Å². The number of carbonyl (C=O) groups is 1. The van der Waals surface area contributed by atoms with Crippen molar-refractivity contribution < 1.29 is 19.0 Å². The van der Waals surface area contributed by atoms with Crippen LogP contribution < -0.4 is 15.4 Å². The fraction of sp³-hybridized carbons (Fsp3) is 0.381. The molecule has 4 rings (SSSR count). The van der Waals surface area contributed by atoms with Crippen molar-refractivity contribution in [1.29, 1.82) is 0 Å². The quantitative estimate of drug-likeness (QED) is 0.696. The minimum Gasteiger partial charge on any atom is -0.487 e. The van der Waals surface area contributed by atoms with Crippen molar-refractivity contribution in [1.82, 2.24) is 5.32 Å². The molecule has 1 aliphatic carbocycles. The minimum atomic E-state index is -0.622. The Hall–Kier alpha value is -2.31. The predicted octanol–water partition coefficient (Wildman–Crippen LogP) is 4.36. The van der Waals surface area contributed by atoms with E-state index < -0.39 is 17.7 Å². The molecule has 1 aliphatic heterocycles. The van der Waals surface area contributed by atoms with E-state index >= 15 is 0 Å². The topological polar surface area (TPSA) is 70.6 Å². The fourth-order valence-electron chi connectivity index (χ4n) is 4.05. The third kappa shape index (κ3) is 3.66. The molecule has 5 nitrogen and oxygen atoms in total. The van der Waals surface area contributed by atoms with E-state index in [0.29, 0.717) is 40.4 Å². The molecule has 148 valence electrons. The van der Waals surface area contributed by atoms with E-state index in [9.17, 15) is 14.3 Å². The second-order valence-corrected chi connectivity index (χ2v) is 8.45. The van der Waals surface area contributed by atoms with Gasteiger partial charge in [-0.1, -0.05) is 17.7 Å². The number of hydrogen-bond donors (Lipinski definition) is 3. The molecule has 28 heavy (non-hydrogen) atoms. The molecule has 0 spiro atoms. The zero-order valence-electron chi connectivity index (χ0n) is 15.7. The van der Waals surface area contributed by atoms with Gasteiger partial charge in [0.05, 0.1) is 12.1 Å². The van der Waals surface area contributed by atoms with Gasteiger partial charge in [0.1, 0.15) is 17.2 Å². The molecule has 0 bridgehead atoms. The summed E-state index contributed by atoms with van der Waals surface area (Å²) in [6, 6.07) is 7.58. The van der Waals surface area contributed by atoms with Gasteiger partial charge in [-0.15, -0.1) is 0 Å². The Morgan fingerprint density at radius 3 is 2.79 bits per heavy atom. The van der Waals surface area contributed by atoms with Crippen LogP contribution in [0.5, 0.6) is 5.75 Å². The van der Waals surface area contributed by atoms with Gasteiger partial charge in [0.15, 0.2) is 0 Å². The van der Waals surface area contributed by atoms with Gasteiger partial charge in [-0.05, 0) is 49.2 Å². The van der Waals surface area contributed by atoms with Crippen molar-refractivity contribution in [2.45, 2.75) is 50.9 Å². The van der Waals surface area contributed by atoms with Gasteiger partial charge in [0.2, 0.25) is 0 Å². The van der Waals surface area contributed by atoms with Crippen LogP contribution in [-0.2, 0) is 12.8 Å². The number of ether oxygens (including phenoxy) is 1. The monoisotopic (exact) mass is 404 g/mol. The van der Waals surface area contributed by atoms with Crippen molar-refractivity contribution in [2.24, 2.45) is 0 Å². The summed E-state index contributed by atoms with van der Waals surface area (Å²) in [5.41, 5.74) is 2.04. The second kappa shape index (κ2) is 6.94. The first kappa shape index (κ1) is 19.0. The number of aliphatic hydroxyl groups excluding tert-OH is 1. The molecule has 0 saturated carbocycles. The van der Waals surface area contributed by atoms with E-state index in [1.165, 1.54) is 12.1 Å². The zero-order valence-corrected chi connectivity index (χ0v) is 16.4. The molecule has 0 fully saturated rings. The molecule has 2 atom stereocenters. The highest BCUT2D eigenvalue weighted by atomic mass is 35.5. The van der Waals surface area contributed by atoms with Gasteiger partial charge in [0.25, 0.3) is 0 Å². The average molecular weight is 405 g/mol. The zero-order chi connectivity index (χ0) is 20.1. The molecule has 7 heteroatoms. The van der Waals surface area contributed by atoms with E-state index in [0.717, 1.165) is 5.56 Å². The minimum absolute atomic E-state index is 0.255. The number of hydrogen-bond acceptors (Lipinski definition) is 3. The van der Waals surface area contributed by atoms with Crippen LogP contribution in [0.15, 0.2) is 30.3 Å². The van der Waals surface area contributed by atoms with Crippen molar-refractivity contribution in [2.75, 3.05) is 5.32 Å². The first-order valence-electron chi connectivity index (χ1n) is 9.26. The number of anilines is 1. The predicted molar refractivity (Wildman–Crippen MR) is 105 cm³/mol. The highest BCUT2D eigenvalue weighted by molar-refractivity contribution is 6.30. The smallest absolute Gasteiger partial charge is 0.319 e. The Morgan fingerprint density at radius 1 is 1.25 bits per heavy atom. The van der Waals surface area contributed by atoms with Crippen LogP contribution >= 0.6 is 11.6 Å². The number of benzene rings is 2. The summed E-state index contributed by atoms with van der Waals surface area (Å²) in [7, 11) is 0. The summed E-state index contributed by atoms with van der Waals surface area (Å²) in [5, 5.41) is 16.2. The van der Waals surface area contributed by atoms with Crippen LogP contribution in [0.3, 0.4) is 0 Å². The second-order valence-electron chi connectivity index (χ2n) is 8.01. The van der Waals surface area contributed by atoms with E-state index in [1.807, 2.05) is 19.9 Å². The molecule has 3 N–H and O–H groups in total. The Kier molecular flexibility index (Phi) is 4.71. The number of halogens is 2. The Morgan fingerprint density at radius 2 is 2.00 bits per heavy atom. The molecule has 2 amide bonds. The van der Waals surface area contributed by atoms with Crippen molar-refractivity contribution >= 4 is 23.3 Å². The maximum atomic E-state index is 14.0. The Balaban J connectivity index is 1.55. The summed E-state index contributed by atoms with van der Waals surface area (Å²) in [4.78, 5) is 12.7. The van der Waals surface area contributed by atoms with Crippen molar-refractivity contribution in [3.05, 3.63) is 57.9 Å². The lowest BCUT2D eigenvalue weighted by Crippen LogP contribution is -2.42. The summed E-state index contributed by atoms with van der Waals surface area (Å²) in [6.45, 7) is 3.91. The summed E-state index contributed by atoms with van der Waals surface area (Å²) >= 11 is 6.08. The normalized spacial score (nSPS) is 22.0. The molecular weight excluding hydrogens is 383 g/mol. The van der Waals surface area contributed by atoms with E-state index in [4.69, 9.17) is 16.3 Å². The number of carbonyl (C=O) groups excluding carboxylic acids is 1. The number of urea groups is 1. The molecule has 0 radical (unpaired) electrons. The molecule has 1 heterocycles. The Bertz CT molecular complexity index is 947. The van der Waals surface area contributed by atoms with Gasteiger partial charge in [0, 0.05) is 35.5 Å². The van der Waals surface area contributed by atoms with Crippen LogP contribution in [-0.4, -0.2) is 22.8 Å². The highest BCUT2D eigenvalue weighted by Crippen LogP contribution is 2.40. The highest BCUT2D eigenvalue weighted by Gasteiger charge is 2.35. The molecule has 0 saturated heterocycles. The number of rotatable bonds is 2. The maximum Gasteiger partial charge on any atom is 0.319 e. The molecule has 2 aromatic carbocycles. The lowest BCUT2D eigenvalue weighted by Gasteiger charge is -2.38. The van der Waals surface area contributed by atoms with E-state index in [-0.39, 0.29) is 18.3 Å². The first-order valence-corrected chi connectivity index (χ1v) is 9.64. The average Bonchev–Trinajstić information content (AvgIpc) is 2.98. The molecule has 2 aliphatic rings. The van der Waals surface area contributed by atoms with Gasteiger partial charge < -0.3 is 20.5 Å². The van der Waals surface area contributed by atoms with E-state index in [1.54, 1.807) is 12.1 Å². The van der Waals surface area contributed by atoms with Crippen LogP contribution in [0.25, 0.3) is 0 Å². The first-order chi connectivity index (χ1) is 13.2.